The van der Waals surface area contributed by atoms with Crippen molar-refractivity contribution < 1.29 is 8.42 Å². The number of nitrogen functional groups attached to an aromatic ring is 1. The van der Waals surface area contributed by atoms with E-state index < -0.39 is 9.84 Å². The van der Waals surface area contributed by atoms with Crippen molar-refractivity contribution in [1.82, 2.24) is 4.98 Å². The lowest BCUT2D eigenvalue weighted by molar-refractivity contribution is 0.604. The number of nitrogens with zero attached hydrogens (tertiary/aromatic N) is 1. The molecule has 0 fully saturated rings. The first-order valence-corrected chi connectivity index (χ1v) is 5.57. The molecule has 1 rings (SSSR count). The second-order valence-corrected chi connectivity index (χ2v) is 4.92. The first kappa shape index (κ1) is 10.7. The van der Waals surface area contributed by atoms with Gasteiger partial charge in [0.05, 0.1) is 16.8 Å². The van der Waals surface area contributed by atoms with Gasteiger partial charge in [0.25, 0.3) is 0 Å². The maximum atomic E-state index is 11.7. The Bertz CT molecular complexity index is 459. The highest BCUT2D eigenvalue weighted by molar-refractivity contribution is 7.94. The zero-order valence-electron chi connectivity index (χ0n) is 8.06. The van der Waals surface area contributed by atoms with Crippen LogP contribution in [-0.2, 0) is 9.84 Å². The molecule has 0 bridgehead atoms. The van der Waals surface area contributed by atoms with Gasteiger partial charge in [0, 0.05) is 11.6 Å². The van der Waals surface area contributed by atoms with E-state index >= 15 is 0 Å². The standard InChI is InChI=1S/C9H12N2O2S/c1-7(2)6-14(12,13)9-3-4-11-5-8(9)10/h3-6H,10H2,1-2H3. The van der Waals surface area contributed by atoms with E-state index in [0.717, 1.165) is 0 Å². The van der Waals surface area contributed by atoms with Gasteiger partial charge in [-0.15, -0.1) is 0 Å². The van der Waals surface area contributed by atoms with Crippen molar-refractivity contribution in [2.45, 2.75) is 18.7 Å². The number of hydrogen-bond donors (Lipinski definition) is 1. The zero-order chi connectivity index (χ0) is 10.8. The lowest BCUT2D eigenvalue weighted by Crippen LogP contribution is -2.02. The molecule has 0 aromatic carbocycles. The van der Waals surface area contributed by atoms with Gasteiger partial charge in [0.2, 0.25) is 9.84 Å². The molecule has 14 heavy (non-hydrogen) atoms. The summed E-state index contributed by atoms with van der Waals surface area (Å²) in [6.07, 6.45) is 2.73. The Morgan fingerprint density at radius 3 is 2.64 bits per heavy atom. The predicted molar refractivity (Wildman–Crippen MR) is 55.3 cm³/mol. The fraction of sp³-hybridized carbons (Fsp3) is 0.222. The van der Waals surface area contributed by atoms with Crippen LogP contribution in [-0.4, -0.2) is 13.4 Å². The number of nitrogens with two attached hydrogens (primary N) is 1. The normalized spacial score (nSPS) is 11.0. The summed E-state index contributed by atoms with van der Waals surface area (Å²) in [5.41, 5.74) is 6.39. The van der Waals surface area contributed by atoms with E-state index in [1.807, 2.05) is 0 Å². The van der Waals surface area contributed by atoms with Gasteiger partial charge in [-0.2, -0.15) is 0 Å². The third kappa shape index (κ3) is 2.32. The predicted octanol–water partition coefficient (Wildman–Crippen LogP) is 1.36. The smallest absolute Gasteiger partial charge is 0.201 e. The molecule has 0 aliphatic heterocycles. The molecule has 0 aliphatic rings. The highest BCUT2D eigenvalue weighted by atomic mass is 32.2. The van der Waals surface area contributed by atoms with Gasteiger partial charge in [0.15, 0.2) is 0 Å². The molecule has 0 unspecified atom stereocenters. The fourth-order valence-corrected chi connectivity index (χ4v) is 2.41. The van der Waals surface area contributed by atoms with Gasteiger partial charge in [-0.1, -0.05) is 5.57 Å². The summed E-state index contributed by atoms with van der Waals surface area (Å²) in [6.45, 7) is 3.43. The molecule has 1 aromatic rings. The van der Waals surface area contributed by atoms with E-state index in [1.165, 1.54) is 23.9 Å². The summed E-state index contributed by atoms with van der Waals surface area (Å²) >= 11 is 0. The molecule has 0 aliphatic carbocycles. The maximum Gasteiger partial charge on any atom is 0.201 e. The quantitative estimate of drug-likeness (QED) is 0.803. The molecule has 0 radical (unpaired) electrons. The Balaban J connectivity index is 3.32. The molecule has 0 atom stereocenters. The highest BCUT2D eigenvalue weighted by Crippen LogP contribution is 2.19. The Hall–Kier alpha value is -1.36. The maximum absolute atomic E-state index is 11.7. The summed E-state index contributed by atoms with van der Waals surface area (Å²) in [6, 6.07) is 1.39. The van der Waals surface area contributed by atoms with E-state index in [4.69, 9.17) is 5.73 Å². The fourth-order valence-electron chi connectivity index (χ4n) is 1.03. The van der Waals surface area contributed by atoms with Crippen LogP contribution in [0.15, 0.2) is 34.3 Å². The number of rotatable bonds is 2. The van der Waals surface area contributed by atoms with Gasteiger partial charge in [-0.25, -0.2) is 8.42 Å². The number of sulfone groups is 1. The summed E-state index contributed by atoms with van der Waals surface area (Å²) in [4.78, 5) is 3.83. The molecule has 0 saturated carbocycles. The third-order valence-electron chi connectivity index (χ3n) is 1.51. The minimum Gasteiger partial charge on any atom is -0.396 e. The number of allylic oxidation sites excluding steroid dienone is 1. The third-order valence-corrected chi connectivity index (χ3v) is 3.27. The van der Waals surface area contributed by atoms with Crippen LogP contribution in [0.2, 0.25) is 0 Å². The first-order chi connectivity index (χ1) is 6.43. The molecule has 1 heterocycles. The number of pyridine rings is 1. The minimum absolute atomic E-state index is 0.105. The molecule has 0 spiro atoms. The van der Waals surface area contributed by atoms with Crippen molar-refractivity contribution >= 4 is 15.5 Å². The van der Waals surface area contributed by atoms with E-state index in [1.54, 1.807) is 13.8 Å². The lowest BCUT2D eigenvalue weighted by Gasteiger charge is -2.02. The van der Waals surface area contributed by atoms with Crippen molar-refractivity contribution in [3.63, 3.8) is 0 Å². The molecule has 1 aromatic heterocycles. The van der Waals surface area contributed by atoms with Gasteiger partial charge in [0.1, 0.15) is 0 Å². The van der Waals surface area contributed by atoms with Crippen molar-refractivity contribution in [3.05, 3.63) is 29.4 Å². The molecule has 4 nitrogen and oxygen atoms in total. The number of anilines is 1. The van der Waals surface area contributed by atoms with Crippen molar-refractivity contribution in [3.8, 4) is 0 Å². The van der Waals surface area contributed by atoms with E-state index in [9.17, 15) is 8.42 Å². The Morgan fingerprint density at radius 1 is 1.50 bits per heavy atom. The lowest BCUT2D eigenvalue weighted by atomic mass is 10.4. The Morgan fingerprint density at radius 2 is 2.14 bits per heavy atom. The highest BCUT2D eigenvalue weighted by Gasteiger charge is 2.13. The van der Waals surface area contributed by atoms with Gasteiger partial charge in [-0.3, -0.25) is 4.98 Å². The van der Waals surface area contributed by atoms with E-state index in [-0.39, 0.29) is 10.6 Å². The van der Waals surface area contributed by atoms with Crippen LogP contribution in [0.1, 0.15) is 13.8 Å². The monoisotopic (exact) mass is 212 g/mol. The molecule has 0 amide bonds. The van der Waals surface area contributed by atoms with Gasteiger partial charge >= 0.3 is 0 Å². The molecule has 76 valence electrons. The number of hydrogen-bond acceptors (Lipinski definition) is 4. The SMILES string of the molecule is CC(C)=CS(=O)(=O)c1ccncc1N. The van der Waals surface area contributed by atoms with Crippen LogP contribution in [0.5, 0.6) is 0 Å². The molecule has 2 N–H and O–H groups in total. The van der Waals surface area contributed by atoms with Crippen LogP contribution in [0.4, 0.5) is 5.69 Å². The molecule has 0 saturated heterocycles. The average Bonchev–Trinajstić information content (AvgIpc) is 2.02. The topological polar surface area (TPSA) is 73.0 Å². The van der Waals surface area contributed by atoms with Crippen molar-refractivity contribution in [2.24, 2.45) is 0 Å². The first-order valence-electron chi connectivity index (χ1n) is 4.03. The molecule has 5 heteroatoms. The van der Waals surface area contributed by atoms with Crippen LogP contribution in [0.3, 0.4) is 0 Å². The van der Waals surface area contributed by atoms with Crippen LogP contribution >= 0.6 is 0 Å². The molecular formula is C9H12N2O2S. The van der Waals surface area contributed by atoms with Crippen molar-refractivity contribution in [2.75, 3.05) is 5.73 Å². The average molecular weight is 212 g/mol. The zero-order valence-corrected chi connectivity index (χ0v) is 8.88. The summed E-state index contributed by atoms with van der Waals surface area (Å²) in [5.74, 6) is 0. The Kier molecular flexibility index (Phi) is 2.90. The van der Waals surface area contributed by atoms with Gasteiger partial charge < -0.3 is 5.73 Å². The minimum atomic E-state index is -3.42. The Labute approximate surface area is 83.4 Å². The summed E-state index contributed by atoms with van der Waals surface area (Å²) in [7, 11) is -3.42. The molecular weight excluding hydrogens is 200 g/mol. The van der Waals surface area contributed by atoms with Crippen molar-refractivity contribution in [1.29, 1.82) is 0 Å². The van der Waals surface area contributed by atoms with Crippen LogP contribution in [0.25, 0.3) is 0 Å². The largest absolute Gasteiger partial charge is 0.396 e. The second-order valence-electron chi connectivity index (χ2n) is 3.15. The summed E-state index contributed by atoms with van der Waals surface area (Å²) in [5, 5.41) is 1.19. The van der Waals surface area contributed by atoms with Crippen LogP contribution < -0.4 is 5.73 Å². The van der Waals surface area contributed by atoms with Gasteiger partial charge in [-0.05, 0) is 19.9 Å². The van der Waals surface area contributed by atoms with Crippen LogP contribution in [0, 0.1) is 0 Å². The van der Waals surface area contributed by atoms with E-state index in [0.29, 0.717) is 5.57 Å². The van der Waals surface area contributed by atoms with E-state index in [2.05, 4.69) is 4.98 Å². The second kappa shape index (κ2) is 3.79. The number of aromatic nitrogens is 1. The summed E-state index contributed by atoms with van der Waals surface area (Å²) < 4.78 is 23.4.